The summed E-state index contributed by atoms with van der Waals surface area (Å²) in [6.07, 6.45) is 2.50. The number of benzene rings is 1. The largest absolute Gasteiger partial charge is 0.399 e. The molecule has 110 valence electrons. The number of piperidine rings is 1. The van der Waals surface area contributed by atoms with Crippen molar-refractivity contribution in [2.75, 3.05) is 18.8 Å². The molecule has 0 radical (unpaired) electrons. The minimum absolute atomic E-state index is 0.0959. The second-order valence-electron chi connectivity index (χ2n) is 5.89. The molecule has 1 aliphatic rings. The first-order valence-corrected chi connectivity index (χ1v) is 7.42. The van der Waals surface area contributed by atoms with Gasteiger partial charge in [0.1, 0.15) is 0 Å². The molecule has 1 aliphatic heterocycles. The minimum atomic E-state index is 0.0959. The number of nitrogens with one attached hydrogen (secondary N) is 1. The van der Waals surface area contributed by atoms with Gasteiger partial charge in [0, 0.05) is 30.9 Å². The number of hydrogen-bond acceptors (Lipinski definition) is 3. The SMILES string of the molecule is CC(C)N1CCC(NC(=O)Cc2cccc(N)c2)CC1. The lowest BCUT2D eigenvalue weighted by Crippen LogP contribution is -2.46. The highest BCUT2D eigenvalue weighted by molar-refractivity contribution is 5.79. The third kappa shape index (κ3) is 4.23. The normalized spacial score (nSPS) is 17.4. The fraction of sp³-hybridized carbons (Fsp3) is 0.562. The molecule has 20 heavy (non-hydrogen) atoms. The average molecular weight is 275 g/mol. The maximum atomic E-state index is 12.0. The Morgan fingerprint density at radius 1 is 1.40 bits per heavy atom. The quantitative estimate of drug-likeness (QED) is 0.824. The van der Waals surface area contributed by atoms with Gasteiger partial charge in [-0.1, -0.05) is 12.1 Å². The molecule has 1 aromatic carbocycles. The van der Waals surface area contributed by atoms with Gasteiger partial charge in [0.25, 0.3) is 0 Å². The number of anilines is 1. The van der Waals surface area contributed by atoms with Crippen molar-refractivity contribution >= 4 is 11.6 Å². The molecular weight excluding hydrogens is 250 g/mol. The molecule has 1 fully saturated rings. The zero-order valence-electron chi connectivity index (χ0n) is 12.4. The summed E-state index contributed by atoms with van der Waals surface area (Å²) in [7, 11) is 0. The van der Waals surface area contributed by atoms with Gasteiger partial charge < -0.3 is 16.0 Å². The van der Waals surface area contributed by atoms with Gasteiger partial charge in [-0.15, -0.1) is 0 Å². The topological polar surface area (TPSA) is 58.4 Å². The molecule has 0 atom stereocenters. The Bertz CT molecular complexity index is 451. The first-order valence-electron chi connectivity index (χ1n) is 7.42. The van der Waals surface area contributed by atoms with Crippen molar-refractivity contribution < 1.29 is 4.79 Å². The summed E-state index contributed by atoms with van der Waals surface area (Å²) in [5.41, 5.74) is 7.41. The smallest absolute Gasteiger partial charge is 0.224 e. The molecule has 0 aromatic heterocycles. The van der Waals surface area contributed by atoms with E-state index in [4.69, 9.17) is 5.73 Å². The Hall–Kier alpha value is -1.55. The Balaban J connectivity index is 1.78. The molecule has 1 amide bonds. The van der Waals surface area contributed by atoms with Gasteiger partial charge in [-0.25, -0.2) is 0 Å². The lowest BCUT2D eigenvalue weighted by molar-refractivity contribution is -0.121. The summed E-state index contributed by atoms with van der Waals surface area (Å²) in [6, 6.07) is 8.44. The lowest BCUT2D eigenvalue weighted by Gasteiger charge is -2.34. The molecule has 3 N–H and O–H groups in total. The van der Waals surface area contributed by atoms with Crippen LogP contribution in [0, 0.1) is 0 Å². The van der Waals surface area contributed by atoms with Crippen LogP contribution in [0.2, 0.25) is 0 Å². The highest BCUT2D eigenvalue weighted by atomic mass is 16.1. The van der Waals surface area contributed by atoms with Crippen molar-refractivity contribution in [3.63, 3.8) is 0 Å². The number of nitrogens with two attached hydrogens (primary N) is 1. The van der Waals surface area contributed by atoms with Gasteiger partial charge in [0.15, 0.2) is 0 Å². The van der Waals surface area contributed by atoms with Gasteiger partial charge in [-0.3, -0.25) is 4.79 Å². The monoisotopic (exact) mass is 275 g/mol. The van der Waals surface area contributed by atoms with E-state index in [0.29, 0.717) is 24.2 Å². The number of carbonyl (C=O) groups is 1. The van der Waals surface area contributed by atoms with Crippen LogP contribution >= 0.6 is 0 Å². The highest BCUT2D eigenvalue weighted by Crippen LogP contribution is 2.13. The van der Waals surface area contributed by atoms with Crippen LogP contribution in [-0.4, -0.2) is 36.0 Å². The van der Waals surface area contributed by atoms with Crippen LogP contribution in [0.25, 0.3) is 0 Å². The predicted octanol–water partition coefficient (Wildman–Crippen LogP) is 1.80. The number of amides is 1. The maximum Gasteiger partial charge on any atom is 0.224 e. The number of nitrogen functional groups attached to an aromatic ring is 1. The molecule has 4 heteroatoms. The fourth-order valence-electron chi connectivity index (χ4n) is 2.73. The summed E-state index contributed by atoms with van der Waals surface area (Å²) in [5, 5.41) is 3.14. The van der Waals surface area contributed by atoms with E-state index in [2.05, 4.69) is 24.1 Å². The summed E-state index contributed by atoms with van der Waals surface area (Å²) in [4.78, 5) is 14.5. The molecule has 4 nitrogen and oxygen atoms in total. The molecule has 0 unspecified atom stereocenters. The van der Waals surface area contributed by atoms with Gasteiger partial charge in [-0.05, 0) is 44.4 Å². The van der Waals surface area contributed by atoms with E-state index in [1.807, 2.05) is 24.3 Å². The molecule has 1 saturated heterocycles. The molecular formula is C16H25N3O. The summed E-state index contributed by atoms with van der Waals surface area (Å²) in [6.45, 7) is 6.58. The standard InChI is InChI=1S/C16H25N3O/c1-12(2)19-8-6-15(7-9-19)18-16(20)11-13-4-3-5-14(17)10-13/h3-5,10,12,15H,6-9,11,17H2,1-2H3,(H,18,20). The van der Waals surface area contributed by atoms with Crippen LogP contribution in [0.5, 0.6) is 0 Å². The van der Waals surface area contributed by atoms with Gasteiger partial charge in [0.2, 0.25) is 5.91 Å². The molecule has 1 heterocycles. The predicted molar refractivity (Wildman–Crippen MR) is 82.4 cm³/mol. The molecule has 0 spiro atoms. The Kier molecular flexibility index (Phi) is 5.01. The van der Waals surface area contributed by atoms with E-state index >= 15 is 0 Å². The van der Waals surface area contributed by atoms with Crippen LogP contribution in [0.3, 0.4) is 0 Å². The summed E-state index contributed by atoms with van der Waals surface area (Å²) >= 11 is 0. The average Bonchev–Trinajstić information content (AvgIpc) is 2.39. The van der Waals surface area contributed by atoms with Crippen LogP contribution in [0.4, 0.5) is 5.69 Å². The van der Waals surface area contributed by atoms with Gasteiger partial charge in [0.05, 0.1) is 6.42 Å². The third-order valence-electron chi connectivity index (χ3n) is 3.94. The third-order valence-corrected chi connectivity index (χ3v) is 3.94. The van der Waals surface area contributed by atoms with E-state index in [9.17, 15) is 4.79 Å². The summed E-state index contributed by atoms with van der Waals surface area (Å²) < 4.78 is 0. The first kappa shape index (κ1) is 14.9. The van der Waals surface area contributed by atoms with Crippen molar-refractivity contribution in [2.24, 2.45) is 0 Å². The summed E-state index contributed by atoms with van der Waals surface area (Å²) in [5.74, 6) is 0.0959. The fourth-order valence-corrected chi connectivity index (χ4v) is 2.73. The number of hydrogen-bond donors (Lipinski definition) is 2. The van der Waals surface area contributed by atoms with Gasteiger partial charge in [-0.2, -0.15) is 0 Å². The van der Waals surface area contributed by atoms with Gasteiger partial charge >= 0.3 is 0 Å². The van der Waals surface area contributed by atoms with E-state index in [0.717, 1.165) is 31.5 Å². The first-order chi connectivity index (χ1) is 9.54. The second kappa shape index (κ2) is 6.75. The van der Waals surface area contributed by atoms with Crippen LogP contribution in [0.15, 0.2) is 24.3 Å². The maximum absolute atomic E-state index is 12.0. The van der Waals surface area contributed by atoms with E-state index in [-0.39, 0.29) is 5.91 Å². The Morgan fingerprint density at radius 2 is 2.10 bits per heavy atom. The van der Waals surface area contributed by atoms with E-state index in [1.165, 1.54) is 0 Å². The molecule has 0 aliphatic carbocycles. The van der Waals surface area contributed by atoms with Crippen molar-refractivity contribution in [3.05, 3.63) is 29.8 Å². The Labute approximate surface area is 121 Å². The molecule has 2 rings (SSSR count). The molecule has 1 aromatic rings. The van der Waals surface area contributed by atoms with E-state index < -0.39 is 0 Å². The number of rotatable bonds is 4. The lowest BCUT2D eigenvalue weighted by atomic mass is 10.0. The van der Waals surface area contributed by atoms with E-state index in [1.54, 1.807) is 0 Å². The Morgan fingerprint density at radius 3 is 2.70 bits per heavy atom. The number of carbonyl (C=O) groups excluding carboxylic acids is 1. The van der Waals surface area contributed by atoms with Crippen molar-refractivity contribution in [3.8, 4) is 0 Å². The van der Waals surface area contributed by atoms with Crippen molar-refractivity contribution in [2.45, 2.75) is 45.2 Å². The van der Waals surface area contributed by atoms with Crippen LogP contribution in [0.1, 0.15) is 32.3 Å². The zero-order valence-corrected chi connectivity index (χ0v) is 12.4. The van der Waals surface area contributed by atoms with Crippen LogP contribution in [-0.2, 0) is 11.2 Å². The molecule has 0 bridgehead atoms. The zero-order chi connectivity index (χ0) is 14.5. The number of likely N-dealkylation sites (tertiary alicyclic amines) is 1. The minimum Gasteiger partial charge on any atom is -0.399 e. The van der Waals surface area contributed by atoms with Crippen LogP contribution < -0.4 is 11.1 Å². The van der Waals surface area contributed by atoms with Crippen molar-refractivity contribution in [1.82, 2.24) is 10.2 Å². The highest BCUT2D eigenvalue weighted by Gasteiger charge is 2.21. The number of nitrogens with zero attached hydrogens (tertiary/aromatic N) is 1. The van der Waals surface area contributed by atoms with Crippen molar-refractivity contribution in [1.29, 1.82) is 0 Å². The second-order valence-corrected chi connectivity index (χ2v) is 5.89. The molecule has 0 saturated carbocycles.